The molecule has 0 aromatic heterocycles. The number of amides is 4. The molecule has 3 fully saturated rings. The third kappa shape index (κ3) is 6.97. The number of nitrogens with one attached hydrogen (secondary N) is 3. The van der Waals surface area contributed by atoms with Crippen LogP contribution in [0.3, 0.4) is 0 Å². The zero-order chi connectivity index (χ0) is 29.1. The number of halogens is 1. The van der Waals surface area contributed by atoms with Gasteiger partial charge in [0.15, 0.2) is 0 Å². The van der Waals surface area contributed by atoms with E-state index >= 15 is 0 Å². The zero-order valence-corrected chi connectivity index (χ0v) is 23.5. The van der Waals surface area contributed by atoms with E-state index < -0.39 is 11.8 Å². The number of piperazine rings is 1. The van der Waals surface area contributed by atoms with Crippen molar-refractivity contribution in [3.63, 3.8) is 0 Å². The summed E-state index contributed by atoms with van der Waals surface area (Å²) in [4.78, 5) is 41.9. The van der Waals surface area contributed by atoms with Crippen LogP contribution in [-0.4, -0.2) is 66.4 Å². The molecular weight excluding hydrogens is 533 g/mol. The van der Waals surface area contributed by atoms with Crippen molar-refractivity contribution in [1.82, 2.24) is 20.4 Å². The SMILES string of the molecule is O=C(NCC1CC1)Nc1ccc(C(=O)N2CCN(Cc3cccc(C(=O)N[C@@H]4C[C@H]4c4ccccc4)c3)CC2)cc1F. The first-order chi connectivity index (χ1) is 20.4. The van der Waals surface area contributed by atoms with Gasteiger partial charge in [0.05, 0.1) is 5.69 Å². The molecule has 3 aromatic carbocycles. The highest BCUT2D eigenvalue weighted by atomic mass is 19.1. The summed E-state index contributed by atoms with van der Waals surface area (Å²) in [6, 6.07) is 21.9. The molecule has 0 spiro atoms. The Bertz CT molecular complexity index is 1450. The third-order valence-electron chi connectivity index (χ3n) is 8.30. The number of hydrogen-bond acceptors (Lipinski definition) is 4. The quantitative estimate of drug-likeness (QED) is 0.351. The summed E-state index contributed by atoms with van der Waals surface area (Å²) in [5, 5.41) is 8.42. The van der Waals surface area contributed by atoms with E-state index in [4.69, 9.17) is 0 Å². The van der Waals surface area contributed by atoms with E-state index in [1.54, 1.807) is 11.0 Å². The molecule has 9 heteroatoms. The van der Waals surface area contributed by atoms with E-state index in [1.807, 2.05) is 42.5 Å². The molecular formula is C33H36FN5O3. The lowest BCUT2D eigenvalue weighted by molar-refractivity contribution is 0.0627. The van der Waals surface area contributed by atoms with Gasteiger partial charge in [-0.2, -0.15) is 0 Å². The van der Waals surface area contributed by atoms with E-state index in [-0.39, 0.29) is 29.1 Å². The van der Waals surface area contributed by atoms with E-state index in [0.717, 1.165) is 24.8 Å². The molecule has 1 heterocycles. The Balaban J connectivity index is 0.969. The van der Waals surface area contributed by atoms with Crippen LogP contribution in [0.5, 0.6) is 0 Å². The number of benzene rings is 3. The maximum absolute atomic E-state index is 14.7. The second kappa shape index (κ2) is 12.3. The van der Waals surface area contributed by atoms with Crippen LogP contribution in [0.2, 0.25) is 0 Å². The normalized spacial score (nSPS) is 20.1. The first-order valence-corrected chi connectivity index (χ1v) is 14.7. The third-order valence-corrected chi connectivity index (χ3v) is 8.30. The molecule has 218 valence electrons. The highest BCUT2D eigenvalue weighted by Crippen LogP contribution is 2.40. The van der Waals surface area contributed by atoms with Gasteiger partial charge >= 0.3 is 6.03 Å². The summed E-state index contributed by atoms with van der Waals surface area (Å²) in [7, 11) is 0. The molecule has 3 N–H and O–H groups in total. The first kappa shape index (κ1) is 27.9. The van der Waals surface area contributed by atoms with E-state index in [9.17, 15) is 18.8 Å². The molecule has 1 saturated heterocycles. The lowest BCUT2D eigenvalue weighted by Gasteiger charge is -2.35. The van der Waals surface area contributed by atoms with Crippen LogP contribution in [0, 0.1) is 11.7 Å². The molecule has 2 saturated carbocycles. The van der Waals surface area contributed by atoms with Crippen molar-refractivity contribution in [3.05, 3.63) is 101 Å². The fraction of sp³-hybridized carbons (Fsp3) is 0.364. The summed E-state index contributed by atoms with van der Waals surface area (Å²) < 4.78 is 14.7. The predicted octanol–water partition coefficient (Wildman–Crippen LogP) is 4.60. The van der Waals surface area contributed by atoms with Gasteiger partial charge < -0.3 is 20.9 Å². The average molecular weight is 570 g/mol. The minimum absolute atomic E-state index is 0.0497. The molecule has 42 heavy (non-hydrogen) atoms. The van der Waals surface area contributed by atoms with Gasteiger partial charge in [-0.3, -0.25) is 14.5 Å². The Morgan fingerprint density at radius 2 is 1.64 bits per heavy atom. The Morgan fingerprint density at radius 1 is 0.857 bits per heavy atom. The van der Waals surface area contributed by atoms with Gasteiger partial charge in [0.1, 0.15) is 5.82 Å². The molecule has 3 aromatic rings. The number of carbonyl (C=O) groups excluding carboxylic acids is 3. The van der Waals surface area contributed by atoms with Crippen LogP contribution in [0.25, 0.3) is 0 Å². The summed E-state index contributed by atoms with van der Waals surface area (Å²) in [5.74, 6) is -0.0128. The van der Waals surface area contributed by atoms with Gasteiger partial charge in [0, 0.05) is 62.4 Å². The monoisotopic (exact) mass is 569 g/mol. The summed E-state index contributed by atoms with van der Waals surface area (Å²) in [6.07, 6.45) is 3.19. The van der Waals surface area contributed by atoms with Gasteiger partial charge in [-0.15, -0.1) is 0 Å². The number of nitrogens with zero attached hydrogens (tertiary/aromatic N) is 2. The molecule has 2 aliphatic carbocycles. The van der Waals surface area contributed by atoms with Crippen molar-refractivity contribution >= 4 is 23.5 Å². The topological polar surface area (TPSA) is 93.8 Å². The van der Waals surface area contributed by atoms with Gasteiger partial charge in [-0.1, -0.05) is 42.5 Å². The summed E-state index contributed by atoms with van der Waals surface area (Å²) >= 11 is 0. The maximum Gasteiger partial charge on any atom is 0.319 e. The van der Waals surface area contributed by atoms with Crippen molar-refractivity contribution in [3.8, 4) is 0 Å². The smallest absolute Gasteiger partial charge is 0.319 e. The molecule has 3 aliphatic rings. The fourth-order valence-corrected chi connectivity index (χ4v) is 5.51. The molecule has 0 bridgehead atoms. The number of hydrogen-bond donors (Lipinski definition) is 3. The lowest BCUT2D eigenvalue weighted by Crippen LogP contribution is -2.48. The van der Waals surface area contributed by atoms with Crippen molar-refractivity contribution in [2.24, 2.45) is 5.92 Å². The van der Waals surface area contributed by atoms with E-state index in [2.05, 4.69) is 33.0 Å². The van der Waals surface area contributed by atoms with Crippen molar-refractivity contribution in [2.75, 3.05) is 38.0 Å². The molecule has 8 nitrogen and oxygen atoms in total. The number of rotatable bonds is 9. The van der Waals surface area contributed by atoms with E-state index in [0.29, 0.717) is 56.7 Å². The summed E-state index contributed by atoms with van der Waals surface area (Å²) in [6.45, 7) is 3.65. The Kier molecular flexibility index (Phi) is 8.19. The van der Waals surface area contributed by atoms with Crippen molar-refractivity contribution in [2.45, 2.75) is 37.8 Å². The number of urea groups is 1. The molecule has 6 rings (SSSR count). The minimum Gasteiger partial charge on any atom is -0.349 e. The molecule has 1 aliphatic heterocycles. The standard InChI is InChI=1S/C33H36FN5O3/c34-28-18-26(11-12-29(28)37-33(42)35-20-22-9-10-22)32(41)39-15-13-38(14-16-39)21-23-5-4-8-25(17-23)31(40)36-30-19-27(30)24-6-2-1-3-7-24/h1-8,11-12,17-18,22,27,30H,9-10,13-16,19-21H2,(H,36,40)(H2,35,37,42)/t27-,30+/m0/s1. The van der Waals surface area contributed by atoms with Crippen LogP contribution in [0.1, 0.15) is 57.0 Å². The van der Waals surface area contributed by atoms with E-state index in [1.165, 1.54) is 17.7 Å². The average Bonchev–Trinajstić information content (AvgIpc) is 3.95. The molecule has 2 atom stereocenters. The number of anilines is 1. The van der Waals surface area contributed by atoms with Gasteiger partial charge in [0.2, 0.25) is 0 Å². The fourth-order valence-electron chi connectivity index (χ4n) is 5.51. The largest absolute Gasteiger partial charge is 0.349 e. The summed E-state index contributed by atoms with van der Waals surface area (Å²) in [5.41, 5.74) is 3.27. The first-order valence-electron chi connectivity index (χ1n) is 14.7. The maximum atomic E-state index is 14.7. The molecule has 4 amide bonds. The van der Waals surface area contributed by atoms with Gasteiger partial charge in [-0.25, -0.2) is 9.18 Å². The molecule has 0 unspecified atom stereocenters. The second-order valence-corrected chi connectivity index (χ2v) is 11.6. The Morgan fingerprint density at radius 3 is 2.38 bits per heavy atom. The highest BCUT2D eigenvalue weighted by molar-refractivity contribution is 5.96. The van der Waals surface area contributed by atoms with Crippen molar-refractivity contribution < 1.29 is 18.8 Å². The van der Waals surface area contributed by atoms with Crippen molar-refractivity contribution in [1.29, 1.82) is 0 Å². The predicted molar refractivity (Wildman–Crippen MR) is 159 cm³/mol. The minimum atomic E-state index is -0.637. The van der Waals surface area contributed by atoms with Gasteiger partial charge in [0.25, 0.3) is 11.8 Å². The number of carbonyl (C=O) groups is 3. The highest BCUT2D eigenvalue weighted by Gasteiger charge is 2.39. The lowest BCUT2D eigenvalue weighted by atomic mass is 10.1. The van der Waals surface area contributed by atoms with Gasteiger partial charge in [-0.05, 0) is 66.6 Å². The second-order valence-electron chi connectivity index (χ2n) is 11.6. The Labute approximate surface area is 245 Å². The Hall–Kier alpha value is -4.24. The van der Waals surface area contributed by atoms with Crippen LogP contribution in [0.4, 0.5) is 14.9 Å². The molecule has 0 radical (unpaired) electrons. The zero-order valence-electron chi connectivity index (χ0n) is 23.5. The van der Waals surface area contributed by atoms with Crippen LogP contribution < -0.4 is 16.0 Å². The van der Waals surface area contributed by atoms with Crippen LogP contribution in [0.15, 0.2) is 72.8 Å². The van der Waals surface area contributed by atoms with Crippen LogP contribution in [-0.2, 0) is 6.54 Å². The van der Waals surface area contributed by atoms with Crippen LogP contribution >= 0.6 is 0 Å².